The van der Waals surface area contributed by atoms with Crippen molar-refractivity contribution in [1.82, 2.24) is 4.90 Å². The molecule has 0 unspecified atom stereocenters. The second-order valence-electron chi connectivity index (χ2n) is 5.61. The van der Waals surface area contributed by atoms with Gasteiger partial charge in [0.2, 0.25) is 5.91 Å². The normalized spacial score (nSPS) is 22.3. The summed E-state index contributed by atoms with van der Waals surface area (Å²) in [5.74, 6) is 0.224. The van der Waals surface area contributed by atoms with Crippen LogP contribution in [0.25, 0.3) is 0 Å². The molecule has 4 heteroatoms. The minimum Gasteiger partial charge on any atom is -0.393 e. The minimum atomic E-state index is -0.313. The van der Waals surface area contributed by atoms with E-state index in [1.165, 1.54) is 0 Å². The second-order valence-corrected chi connectivity index (χ2v) is 6.05. The lowest BCUT2D eigenvalue weighted by Crippen LogP contribution is -2.45. The molecule has 0 aromatic heterocycles. The molecule has 2 fully saturated rings. The van der Waals surface area contributed by atoms with E-state index in [4.69, 9.17) is 11.6 Å². The van der Waals surface area contributed by atoms with Gasteiger partial charge >= 0.3 is 0 Å². The number of aliphatic hydroxyl groups excluding tert-OH is 1. The molecule has 1 amide bonds. The van der Waals surface area contributed by atoms with Gasteiger partial charge in [-0.25, -0.2) is 0 Å². The number of hydrogen-bond acceptors (Lipinski definition) is 2. The van der Waals surface area contributed by atoms with E-state index < -0.39 is 0 Å². The van der Waals surface area contributed by atoms with Crippen LogP contribution in [-0.2, 0) is 10.2 Å². The number of hydrogen-bond donors (Lipinski definition) is 1. The van der Waals surface area contributed by atoms with Crippen LogP contribution in [0.2, 0.25) is 5.02 Å². The number of halogens is 1. The fourth-order valence-corrected chi connectivity index (χ4v) is 3.02. The Bertz CT molecular complexity index is 473. The van der Waals surface area contributed by atoms with Crippen molar-refractivity contribution in [3.63, 3.8) is 0 Å². The van der Waals surface area contributed by atoms with Crippen molar-refractivity contribution < 1.29 is 9.90 Å². The van der Waals surface area contributed by atoms with Crippen molar-refractivity contribution in [2.45, 2.75) is 37.2 Å². The van der Waals surface area contributed by atoms with Gasteiger partial charge in [0.25, 0.3) is 0 Å². The summed E-state index contributed by atoms with van der Waals surface area (Å²) >= 11 is 5.90. The van der Waals surface area contributed by atoms with Gasteiger partial charge in [0, 0.05) is 18.1 Å². The maximum absolute atomic E-state index is 12.7. The molecule has 3 rings (SSSR count). The van der Waals surface area contributed by atoms with Gasteiger partial charge in [0.15, 0.2) is 0 Å². The Morgan fingerprint density at radius 2 is 1.79 bits per heavy atom. The Balaban J connectivity index is 1.77. The summed E-state index contributed by atoms with van der Waals surface area (Å²) in [6.45, 7) is 1.35. The quantitative estimate of drug-likeness (QED) is 0.903. The molecular formula is C15H18ClNO2. The van der Waals surface area contributed by atoms with Crippen molar-refractivity contribution in [2.24, 2.45) is 0 Å². The van der Waals surface area contributed by atoms with Crippen LogP contribution < -0.4 is 0 Å². The molecule has 0 radical (unpaired) electrons. The van der Waals surface area contributed by atoms with E-state index in [1.54, 1.807) is 0 Å². The Labute approximate surface area is 118 Å². The number of amides is 1. The number of nitrogens with zero attached hydrogens (tertiary/aromatic N) is 1. The predicted molar refractivity (Wildman–Crippen MR) is 74.2 cm³/mol. The van der Waals surface area contributed by atoms with Crippen molar-refractivity contribution in [3.8, 4) is 0 Å². The van der Waals surface area contributed by atoms with Gasteiger partial charge < -0.3 is 10.0 Å². The van der Waals surface area contributed by atoms with E-state index in [0.717, 1.165) is 18.4 Å². The van der Waals surface area contributed by atoms with Crippen LogP contribution in [0.5, 0.6) is 0 Å². The number of carbonyl (C=O) groups is 1. The summed E-state index contributed by atoms with van der Waals surface area (Å²) in [6, 6.07) is 7.63. The highest BCUT2D eigenvalue weighted by Gasteiger charge is 2.53. The molecule has 1 aliphatic heterocycles. The van der Waals surface area contributed by atoms with E-state index in [9.17, 15) is 9.90 Å². The molecule has 1 aliphatic carbocycles. The van der Waals surface area contributed by atoms with Crippen molar-refractivity contribution >= 4 is 17.5 Å². The van der Waals surface area contributed by atoms with Crippen molar-refractivity contribution in [3.05, 3.63) is 34.9 Å². The maximum Gasteiger partial charge on any atom is 0.233 e. The third kappa shape index (κ3) is 2.37. The molecule has 19 heavy (non-hydrogen) atoms. The predicted octanol–water partition coefficient (Wildman–Crippen LogP) is 2.35. The molecule has 1 saturated carbocycles. The molecule has 1 N–H and O–H groups in total. The van der Waals surface area contributed by atoms with E-state index in [0.29, 0.717) is 31.0 Å². The van der Waals surface area contributed by atoms with Gasteiger partial charge in [-0.2, -0.15) is 0 Å². The summed E-state index contributed by atoms with van der Waals surface area (Å²) in [5, 5.41) is 10.2. The van der Waals surface area contributed by atoms with Crippen molar-refractivity contribution in [1.29, 1.82) is 0 Å². The minimum absolute atomic E-state index is 0.224. The zero-order valence-corrected chi connectivity index (χ0v) is 11.6. The number of benzene rings is 1. The molecule has 1 aromatic carbocycles. The zero-order chi connectivity index (χ0) is 13.5. The summed E-state index contributed by atoms with van der Waals surface area (Å²) < 4.78 is 0. The molecule has 1 heterocycles. The summed E-state index contributed by atoms with van der Waals surface area (Å²) in [5.41, 5.74) is 0.764. The summed E-state index contributed by atoms with van der Waals surface area (Å²) in [6.07, 6.45) is 3.00. The lowest BCUT2D eigenvalue weighted by molar-refractivity contribution is -0.136. The van der Waals surface area contributed by atoms with Crippen LogP contribution in [0.15, 0.2) is 24.3 Å². The Morgan fingerprint density at radius 3 is 2.32 bits per heavy atom. The third-order valence-electron chi connectivity index (χ3n) is 4.31. The first-order valence-corrected chi connectivity index (χ1v) is 7.23. The lowest BCUT2D eigenvalue weighted by atomic mass is 9.93. The average Bonchev–Trinajstić information content (AvgIpc) is 3.21. The zero-order valence-electron chi connectivity index (χ0n) is 10.8. The Morgan fingerprint density at radius 1 is 1.21 bits per heavy atom. The lowest BCUT2D eigenvalue weighted by Gasteiger charge is -2.32. The van der Waals surface area contributed by atoms with E-state index in [1.807, 2.05) is 29.2 Å². The molecule has 0 bridgehead atoms. The Kier molecular flexibility index (Phi) is 3.27. The maximum atomic E-state index is 12.7. The number of rotatable bonds is 2. The first-order valence-electron chi connectivity index (χ1n) is 6.85. The highest BCUT2D eigenvalue weighted by atomic mass is 35.5. The second kappa shape index (κ2) is 4.80. The van der Waals surface area contributed by atoms with Crippen LogP contribution in [-0.4, -0.2) is 35.1 Å². The van der Waals surface area contributed by atoms with Crippen molar-refractivity contribution in [2.75, 3.05) is 13.1 Å². The van der Waals surface area contributed by atoms with E-state index in [-0.39, 0.29) is 17.4 Å². The number of carbonyl (C=O) groups excluding carboxylic acids is 1. The highest BCUT2D eigenvalue weighted by molar-refractivity contribution is 6.30. The molecule has 1 aromatic rings. The van der Waals surface area contributed by atoms with Crippen LogP contribution in [0, 0.1) is 0 Å². The van der Waals surface area contributed by atoms with Gasteiger partial charge in [0.05, 0.1) is 11.5 Å². The number of aliphatic hydroxyl groups is 1. The molecule has 0 atom stereocenters. The largest absolute Gasteiger partial charge is 0.393 e. The molecular weight excluding hydrogens is 262 g/mol. The highest BCUT2D eigenvalue weighted by Crippen LogP contribution is 2.50. The van der Waals surface area contributed by atoms with Gasteiger partial charge in [-0.1, -0.05) is 23.7 Å². The first-order chi connectivity index (χ1) is 9.12. The van der Waals surface area contributed by atoms with E-state index in [2.05, 4.69) is 0 Å². The fraction of sp³-hybridized carbons (Fsp3) is 0.533. The standard InChI is InChI=1S/C15H18ClNO2/c16-12-3-1-11(2-4-12)15(7-8-15)14(19)17-9-5-13(18)6-10-17/h1-4,13,18H,5-10H2. The number of piperidine rings is 1. The summed E-state index contributed by atoms with van der Waals surface area (Å²) in [4.78, 5) is 14.6. The summed E-state index contributed by atoms with van der Waals surface area (Å²) in [7, 11) is 0. The smallest absolute Gasteiger partial charge is 0.233 e. The van der Waals surface area contributed by atoms with Crippen LogP contribution in [0.3, 0.4) is 0 Å². The van der Waals surface area contributed by atoms with Gasteiger partial charge in [-0.3, -0.25) is 4.79 Å². The van der Waals surface area contributed by atoms with Crippen LogP contribution in [0.1, 0.15) is 31.2 Å². The molecule has 102 valence electrons. The van der Waals surface area contributed by atoms with E-state index >= 15 is 0 Å². The molecule has 3 nitrogen and oxygen atoms in total. The van der Waals surface area contributed by atoms with Gasteiger partial charge in [0.1, 0.15) is 0 Å². The molecule has 0 spiro atoms. The van der Waals surface area contributed by atoms with Gasteiger partial charge in [-0.15, -0.1) is 0 Å². The van der Waals surface area contributed by atoms with Crippen LogP contribution in [0.4, 0.5) is 0 Å². The topological polar surface area (TPSA) is 40.5 Å². The fourth-order valence-electron chi connectivity index (χ4n) is 2.89. The first kappa shape index (κ1) is 12.9. The Hall–Kier alpha value is -1.06. The van der Waals surface area contributed by atoms with Gasteiger partial charge in [-0.05, 0) is 43.4 Å². The molecule has 1 saturated heterocycles. The average molecular weight is 280 g/mol. The van der Waals surface area contributed by atoms with Crippen LogP contribution >= 0.6 is 11.6 Å². The molecule has 2 aliphatic rings. The number of likely N-dealkylation sites (tertiary alicyclic amines) is 1. The third-order valence-corrected chi connectivity index (χ3v) is 4.56. The monoisotopic (exact) mass is 279 g/mol. The SMILES string of the molecule is O=C(N1CCC(O)CC1)C1(c2ccc(Cl)cc2)CC1.